The zero-order valence-electron chi connectivity index (χ0n) is 11.7. The topological polar surface area (TPSA) is 62.1 Å². The Balaban J connectivity index is 1.91. The zero-order valence-corrected chi connectivity index (χ0v) is 11.7. The van der Waals surface area contributed by atoms with Gasteiger partial charge in [0.15, 0.2) is 0 Å². The lowest BCUT2D eigenvalue weighted by atomic mass is 10.1. The number of amides is 1. The van der Waals surface area contributed by atoms with Gasteiger partial charge in [0, 0.05) is 32.3 Å². The molecule has 5 nitrogen and oxygen atoms in total. The average Bonchev–Trinajstić information content (AvgIpc) is 2.48. The number of carbonyl (C=O) groups is 1. The molecule has 0 bridgehead atoms. The fraction of sp³-hybridized carbons (Fsp3) is 0.467. The summed E-state index contributed by atoms with van der Waals surface area (Å²) in [5, 5.41) is 8.99. The van der Waals surface area contributed by atoms with Crippen molar-refractivity contribution in [3.8, 4) is 0 Å². The molecule has 0 spiro atoms. The smallest absolute Gasteiger partial charge is 0.407 e. The third-order valence-corrected chi connectivity index (χ3v) is 3.51. The van der Waals surface area contributed by atoms with Crippen LogP contribution in [0, 0.1) is 0 Å². The summed E-state index contributed by atoms with van der Waals surface area (Å²) in [6.07, 6.45) is 0.439. The van der Waals surface area contributed by atoms with Gasteiger partial charge < -0.3 is 14.7 Å². The first-order valence-corrected chi connectivity index (χ1v) is 6.78. The fourth-order valence-electron chi connectivity index (χ4n) is 2.35. The number of piperidine rings is 1. The van der Waals surface area contributed by atoms with Crippen molar-refractivity contribution in [3.63, 3.8) is 0 Å². The van der Waals surface area contributed by atoms with Crippen molar-refractivity contribution in [3.05, 3.63) is 35.9 Å². The van der Waals surface area contributed by atoms with E-state index in [1.165, 1.54) is 10.5 Å². The van der Waals surface area contributed by atoms with Crippen molar-refractivity contribution in [2.45, 2.75) is 18.9 Å². The van der Waals surface area contributed by atoms with Crippen LogP contribution in [0.15, 0.2) is 35.3 Å². The Kier molecular flexibility index (Phi) is 5.12. The van der Waals surface area contributed by atoms with Gasteiger partial charge in [-0.05, 0) is 12.0 Å². The van der Waals surface area contributed by atoms with Crippen LogP contribution in [0.1, 0.15) is 12.0 Å². The van der Waals surface area contributed by atoms with E-state index in [1.54, 1.807) is 7.11 Å². The van der Waals surface area contributed by atoms with Crippen molar-refractivity contribution in [2.75, 3.05) is 26.7 Å². The average molecular weight is 276 g/mol. The lowest BCUT2D eigenvalue weighted by Gasteiger charge is -2.31. The second-order valence-corrected chi connectivity index (χ2v) is 4.81. The molecule has 1 aliphatic heterocycles. The maximum atomic E-state index is 11.0. The molecule has 0 unspecified atom stereocenters. The molecular formula is C15H20N2O3. The molecule has 1 N–H and O–H groups in total. The molecule has 1 saturated heterocycles. The first-order valence-electron chi connectivity index (χ1n) is 6.78. The minimum absolute atomic E-state index is 0.212. The monoisotopic (exact) mass is 276 g/mol. The number of hydrogen-bond donors (Lipinski definition) is 1. The molecule has 2 rings (SSSR count). The van der Waals surface area contributed by atoms with Crippen molar-refractivity contribution in [1.82, 2.24) is 4.90 Å². The van der Waals surface area contributed by atoms with Crippen LogP contribution in [0.4, 0.5) is 4.79 Å². The van der Waals surface area contributed by atoms with Crippen molar-refractivity contribution in [1.29, 1.82) is 0 Å². The van der Waals surface area contributed by atoms with Crippen LogP contribution < -0.4 is 0 Å². The van der Waals surface area contributed by atoms with Crippen LogP contribution in [-0.4, -0.2) is 54.7 Å². The summed E-state index contributed by atoms with van der Waals surface area (Å²) in [5.41, 5.74) is 2.23. The van der Waals surface area contributed by atoms with Crippen LogP contribution >= 0.6 is 0 Å². The second-order valence-electron chi connectivity index (χ2n) is 4.81. The number of benzene rings is 1. The molecule has 0 aromatic heterocycles. The molecule has 0 saturated carbocycles. The first-order chi connectivity index (χ1) is 9.70. The molecule has 108 valence electrons. The van der Waals surface area contributed by atoms with Gasteiger partial charge in [0.2, 0.25) is 0 Å². The van der Waals surface area contributed by atoms with Crippen molar-refractivity contribution < 1.29 is 14.6 Å². The molecule has 5 heteroatoms. The summed E-state index contributed by atoms with van der Waals surface area (Å²) in [6.45, 7) is 1.58. The van der Waals surface area contributed by atoms with Gasteiger partial charge in [0.05, 0.1) is 6.54 Å². The maximum Gasteiger partial charge on any atom is 0.407 e. The van der Waals surface area contributed by atoms with Crippen LogP contribution in [0.3, 0.4) is 0 Å². The normalized spacial score (nSPS) is 21.1. The molecule has 1 fully saturated rings. The summed E-state index contributed by atoms with van der Waals surface area (Å²) in [4.78, 5) is 16.9. The Bertz CT molecular complexity index is 473. The number of methoxy groups -OCH3 is 1. The number of carboxylic acid groups (broad SMARTS) is 1. The Morgan fingerprint density at radius 1 is 1.45 bits per heavy atom. The standard InChI is InChI=1S/C15H20N2O3/c1-20-14-11-17(15(18)19)10-8-13(14)16-9-7-12-5-3-2-4-6-12/h2-6,14H,7-11H2,1H3,(H,18,19)/t14-/m0/s1. The molecular weight excluding hydrogens is 256 g/mol. The molecule has 20 heavy (non-hydrogen) atoms. The molecule has 1 aromatic rings. The highest BCUT2D eigenvalue weighted by Gasteiger charge is 2.27. The summed E-state index contributed by atoms with van der Waals surface area (Å²) >= 11 is 0. The third-order valence-electron chi connectivity index (χ3n) is 3.51. The van der Waals surface area contributed by atoms with Gasteiger partial charge in [-0.1, -0.05) is 30.3 Å². The van der Waals surface area contributed by atoms with E-state index in [4.69, 9.17) is 9.84 Å². The Labute approximate surface area is 118 Å². The Morgan fingerprint density at radius 2 is 2.20 bits per heavy atom. The molecule has 1 heterocycles. The van der Waals surface area contributed by atoms with Gasteiger partial charge >= 0.3 is 6.09 Å². The van der Waals surface area contributed by atoms with Gasteiger partial charge in [-0.25, -0.2) is 4.79 Å². The van der Waals surface area contributed by atoms with Gasteiger partial charge in [-0.15, -0.1) is 0 Å². The molecule has 1 aliphatic rings. The third kappa shape index (κ3) is 3.81. The van der Waals surface area contributed by atoms with E-state index in [9.17, 15) is 4.79 Å². The number of nitrogens with zero attached hydrogens (tertiary/aromatic N) is 2. The van der Waals surface area contributed by atoms with E-state index in [-0.39, 0.29) is 6.10 Å². The maximum absolute atomic E-state index is 11.0. The highest BCUT2D eigenvalue weighted by molar-refractivity contribution is 5.90. The Morgan fingerprint density at radius 3 is 2.85 bits per heavy atom. The number of ether oxygens (including phenoxy) is 1. The minimum Gasteiger partial charge on any atom is -0.465 e. The van der Waals surface area contributed by atoms with Gasteiger partial charge in [-0.3, -0.25) is 4.99 Å². The van der Waals surface area contributed by atoms with Gasteiger partial charge in [0.1, 0.15) is 6.10 Å². The second kappa shape index (κ2) is 7.05. The summed E-state index contributed by atoms with van der Waals surface area (Å²) in [5.74, 6) is 0. The lowest BCUT2D eigenvalue weighted by Crippen LogP contribution is -2.47. The SMILES string of the molecule is CO[C@H]1CN(C(=O)O)CCC1=NCCc1ccccc1. The van der Waals surface area contributed by atoms with E-state index in [0.29, 0.717) is 26.1 Å². The van der Waals surface area contributed by atoms with Gasteiger partial charge in [0.25, 0.3) is 0 Å². The summed E-state index contributed by atoms with van der Waals surface area (Å²) < 4.78 is 5.35. The first kappa shape index (κ1) is 14.5. The van der Waals surface area contributed by atoms with Crippen LogP contribution in [0.5, 0.6) is 0 Å². The van der Waals surface area contributed by atoms with E-state index < -0.39 is 6.09 Å². The number of likely N-dealkylation sites (tertiary alicyclic amines) is 1. The van der Waals surface area contributed by atoms with E-state index in [2.05, 4.69) is 17.1 Å². The van der Waals surface area contributed by atoms with Gasteiger partial charge in [-0.2, -0.15) is 0 Å². The van der Waals surface area contributed by atoms with Crippen LogP contribution in [0.25, 0.3) is 0 Å². The highest BCUT2D eigenvalue weighted by Crippen LogP contribution is 2.12. The predicted molar refractivity (Wildman–Crippen MR) is 77.5 cm³/mol. The number of rotatable bonds is 4. The van der Waals surface area contributed by atoms with Crippen LogP contribution in [-0.2, 0) is 11.2 Å². The molecule has 1 aromatic carbocycles. The summed E-state index contributed by atoms with van der Waals surface area (Å²) in [7, 11) is 1.60. The number of hydrogen-bond acceptors (Lipinski definition) is 3. The van der Waals surface area contributed by atoms with Crippen molar-refractivity contribution in [2.24, 2.45) is 4.99 Å². The fourth-order valence-corrected chi connectivity index (χ4v) is 2.35. The molecule has 1 amide bonds. The lowest BCUT2D eigenvalue weighted by molar-refractivity contribution is 0.0860. The number of aliphatic imine (C=N–C) groups is 1. The minimum atomic E-state index is -0.893. The summed E-state index contributed by atoms with van der Waals surface area (Å²) in [6, 6.07) is 10.2. The highest BCUT2D eigenvalue weighted by atomic mass is 16.5. The predicted octanol–water partition coefficient (Wildman–Crippen LogP) is 2.07. The zero-order chi connectivity index (χ0) is 14.4. The molecule has 0 radical (unpaired) electrons. The Hall–Kier alpha value is -1.88. The quantitative estimate of drug-likeness (QED) is 0.915. The van der Waals surface area contributed by atoms with E-state index in [1.807, 2.05) is 18.2 Å². The largest absolute Gasteiger partial charge is 0.465 e. The van der Waals surface area contributed by atoms with E-state index in [0.717, 1.165) is 12.1 Å². The van der Waals surface area contributed by atoms with Crippen molar-refractivity contribution >= 4 is 11.8 Å². The molecule has 0 aliphatic carbocycles. The van der Waals surface area contributed by atoms with E-state index >= 15 is 0 Å². The van der Waals surface area contributed by atoms with Crippen LogP contribution in [0.2, 0.25) is 0 Å². The molecule has 1 atom stereocenters.